The molecule has 0 aliphatic heterocycles. The molecule has 1 heteroatoms. The van der Waals surface area contributed by atoms with Gasteiger partial charge in [0, 0.05) is 4.90 Å². The minimum Gasteiger partial charge on any atom is -0.143 e. The van der Waals surface area contributed by atoms with Crippen LogP contribution < -0.4 is 0 Å². The van der Waals surface area contributed by atoms with Crippen LogP contribution in [0.3, 0.4) is 0 Å². The first kappa shape index (κ1) is 7.22. The van der Waals surface area contributed by atoms with Crippen molar-refractivity contribution in [3.8, 4) is 0 Å². The number of rotatable bonds is 0. The highest BCUT2D eigenvalue weighted by Gasteiger charge is 2.09. The van der Waals surface area contributed by atoms with Gasteiger partial charge in [0.1, 0.15) is 0 Å². The molecule has 0 N–H and O–H groups in total. The first-order valence-electron chi connectivity index (χ1n) is 4.29. The maximum absolute atomic E-state index is 4.44. The van der Waals surface area contributed by atoms with Crippen LogP contribution in [-0.4, -0.2) is 0 Å². The van der Waals surface area contributed by atoms with Crippen molar-refractivity contribution < 1.29 is 0 Å². The van der Waals surface area contributed by atoms with E-state index in [1.54, 1.807) is 0 Å². The van der Waals surface area contributed by atoms with Crippen molar-refractivity contribution in [3.05, 3.63) is 41.5 Å². The van der Waals surface area contributed by atoms with Gasteiger partial charge in [-0.2, -0.15) is 0 Å². The second-order valence-electron chi connectivity index (χ2n) is 3.28. The van der Waals surface area contributed by atoms with E-state index < -0.39 is 0 Å². The molecule has 0 saturated carbocycles. The normalized spacial score (nSPS) is 12.7. The van der Waals surface area contributed by atoms with E-state index in [2.05, 4.69) is 55.1 Å². The Morgan fingerprint density at radius 3 is 2.46 bits per heavy atom. The fourth-order valence-corrected chi connectivity index (χ4v) is 2.17. The molecule has 13 heavy (non-hydrogen) atoms. The molecule has 1 aliphatic carbocycles. The first-order valence-corrected chi connectivity index (χ1v) is 4.74. The Balaban J connectivity index is 2.63. The maximum atomic E-state index is 4.44. The van der Waals surface area contributed by atoms with Crippen molar-refractivity contribution in [3.63, 3.8) is 0 Å². The van der Waals surface area contributed by atoms with E-state index in [0.29, 0.717) is 0 Å². The third kappa shape index (κ3) is 0.879. The van der Waals surface area contributed by atoms with Crippen molar-refractivity contribution in [1.29, 1.82) is 0 Å². The number of thiol groups is 1. The molecule has 0 heterocycles. The van der Waals surface area contributed by atoms with E-state index >= 15 is 0 Å². The van der Waals surface area contributed by atoms with Gasteiger partial charge in [-0.1, -0.05) is 36.4 Å². The summed E-state index contributed by atoms with van der Waals surface area (Å²) >= 11 is 4.44. The lowest BCUT2D eigenvalue weighted by atomic mass is 10.0. The highest BCUT2D eigenvalue weighted by atomic mass is 32.1. The van der Waals surface area contributed by atoms with Crippen LogP contribution in [0.2, 0.25) is 0 Å². The van der Waals surface area contributed by atoms with Gasteiger partial charge in [-0.25, -0.2) is 0 Å². The molecular formula is C12H8S. The number of hydrogen-bond acceptors (Lipinski definition) is 1. The molecule has 0 bridgehead atoms. The van der Waals surface area contributed by atoms with Crippen LogP contribution in [0.4, 0.5) is 0 Å². The number of hydrogen-bond donors (Lipinski definition) is 1. The zero-order valence-electron chi connectivity index (χ0n) is 6.99. The minimum absolute atomic E-state index is 1.06. The highest BCUT2D eigenvalue weighted by Crippen LogP contribution is 2.33. The van der Waals surface area contributed by atoms with Gasteiger partial charge in [-0.15, -0.1) is 12.6 Å². The van der Waals surface area contributed by atoms with Gasteiger partial charge in [0.05, 0.1) is 0 Å². The van der Waals surface area contributed by atoms with Crippen molar-refractivity contribution in [2.45, 2.75) is 4.90 Å². The quantitative estimate of drug-likeness (QED) is 0.507. The van der Waals surface area contributed by atoms with Crippen molar-refractivity contribution in [1.82, 2.24) is 0 Å². The molecule has 0 nitrogen and oxygen atoms in total. The molecule has 0 spiro atoms. The summed E-state index contributed by atoms with van der Waals surface area (Å²) in [5.41, 5.74) is 2.62. The van der Waals surface area contributed by atoms with E-state index in [4.69, 9.17) is 0 Å². The molecule has 0 unspecified atom stereocenters. The van der Waals surface area contributed by atoms with E-state index in [1.807, 2.05) is 0 Å². The summed E-state index contributed by atoms with van der Waals surface area (Å²) in [4.78, 5) is 1.06. The third-order valence-corrected chi connectivity index (χ3v) is 2.91. The average molecular weight is 184 g/mol. The lowest BCUT2D eigenvalue weighted by Crippen LogP contribution is -1.79. The van der Waals surface area contributed by atoms with Gasteiger partial charge in [-0.3, -0.25) is 0 Å². The smallest absolute Gasteiger partial charge is 0.0119 e. The van der Waals surface area contributed by atoms with Crippen molar-refractivity contribution in [2.75, 3.05) is 0 Å². The summed E-state index contributed by atoms with van der Waals surface area (Å²) in [7, 11) is 0. The van der Waals surface area contributed by atoms with Gasteiger partial charge in [0.15, 0.2) is 0 Å². The van der Waals surface area contributed by atoms with Crippen LogP contribution >= 0.6 is 12.6 Å². The van der Waals surface area contributed by atoms with Gasteiger partial charge >= 0.3 is 0 Å². The predicted octanol–water partition coefficient (Wildman–Crippen LogP) is 3.61. The molecule has 2 aromatic rings. The van der Waals surface area contributed by atoms with Crippen LogP contribution in [0.1, 0.15) is 11.1 Å². The second kappa shape index (κ2) is 2.39. The molecule has 2 aromatic carbocycles. The average Bonchev–Trinajstić information content (AvgIpc) is 2.57. The third-order valence-electron chi connectivity index (χ3n) is 2.52. The van der Waals surface area contributed by atoms with Crippen LogP contribution in [0, 0.1) is 0 Å². The van der Waals surface area contributed by atoms with Crippen LogP contribution in [0.5, 0.6) is 0 Å². The maximum Gasteiger partial charge on any atom is 0.0119 e. The molecule has 0 fully saturated rings. The zero-order valence-corrected chi connectivity index (χ0v) is 7.88. The summed E-state index contributed by atoms with van der Waals surface area (Å²) in [6.45, 7) is 0. The molecule has 0 amide bonds. The fourth-order valence-electron chi connectivity index (χ4n) is 1.90. The van der Waals surface area contributed by atoms with Crippen LogP contribution in [-0.2, 0) is 0 Å². The monoisotopic (exact) mass is 184 g/mol. The van der Waals surface area contributed by atoms with Crippen molar-refractivity contribution >= 4 is 35.6 Å². The SMILES string of the molecule is Sc1ccc2c3c(cccc13)C=C2. The summed E-state index contributed by atoms with van der Waals surface area (Å²) in [5, 5.41) is 2.60. The largest absolute Gasteiger partial charge is 0.143 e. The van der Waals surface area contributed by atoms with Gasteiger partial charge < -0.3 is 0 Å². The Morgan fingerprint density at radius 1 is 0.846 bits per heavy atom. The Labute approximate surface area is 82.3 Å². The molecule has 0 atom stereocenters. The Hall–Kier alpha value is -1.21. The van der Waals surface area contributed by atoms with E-state index in [1.165, 1.54) is 21.9 Å². The minimum atomic E-state index is 1.06. The summed E-state index contributed by atoms with van der Waals surface area (Å²) in [5.74, 6) is 0. The topological polar surface area (TPSA) is 0 Å². The van der Waals surface area contributed by atoms with Gasteiger partial charge in [0.2, 0.25) is 0 Å². The first-order chi connectivity index (χ1) is 6.36. The fraction of sp³-hybridized carbons (Fsp3) is 0. The number of benzene rings is 2. The molecule has 0 saturated heterocycles. The second-order valence-corrected chi connectivity index (χ2v) is 3.76. The lowest BCUT2D eigenvalue weighted by Gasteiger charge is -2.03. The van der Waals surface area contributed by atoms with Crippen LogP contribution in [0.25, 0.3) is 22.9 Å². The molecule has 62 valence electrons. The lowest BCUT2D eigenvalue weighted by molar-refractivity contribution is 1.55. The molecule has 3 rings (SSSR count). The van der Waals surface area contributed by atoms with Crippen LogP contribution in [0.15, 0.2) is 35.2 Å². The summed E-state index contributed by atoms with van der Waals surface area (Å²) in [6, 6.07) is 10.5. The Kier molecular flexibility index (Phi) is 1.33. The Bertz CT molecular complexity index is 512. The van der Waals surface area contributed by atoms with E-state index in [-0.39, 0.29) is 0 Å². The summed E-state index contributed by atoms with van der Waals surface area (Å²) in [6.07, 6.45) is 4.32. The standard InChI is InChI=1S/C12H8S/c13-11-7-6-9-5-4-8-2-1-3-10(11)12(8)9/h1-7,13H. The summed E-state index contributed by atoms with van der Waals surface area (Å²) < 4.78 is 0. The predicted molar refractivity (Wildman–Crippen MR) is 60.1 cm³/mol. The highest BCUT2D eigenvalue weighted by molar-refractivity contribution is 7.80. The van der Waals surface area contributed by atoms with Gasteiger partial charge in [-0.05, 0) is 28.0 Å². The van der Waals surface area contributed by atoms with E-state index in [9.17, 15) is 0 Å². The molecule has 0 radical (unpaired) electrons. The zero-order chi connectivity index (χ0) is 8.84. The Morgan fingerprint density at radius 2 is 1.62 bits per heavy atom. The molecular weight excluding hydrogens is 176 g/mol. The van der Waals surface area contributed by atoms with Crippen molar-refractivity contribution in [2.24, 2.45) is 0 Å². The molecule has 1 aliphatic rings. The van der Waals surface area contributed by atoms with Gasteiger partial charge in [0.25, 0.3) is 0 Å². The molecule has 0 aromatic heterocycles. The van der Waals surface area contributed by atoms with E-state index in [0.717, 1.165) is 4.90 Å².